The molecule has 0 aliphatic carbocycles. The van der Waals surface area contributed by atoms with Crippen LogP contribution in [0.1, 0.15) is 38.7 Å². The highest BCUT2D eigenvalue weighted by Crippen LogP contribution is 2.30. The highest BCUT2D eigenvalue weighted by atomic mass is 32.2. The minimum atomic E-state index is -1.02. The van der Waals surface area contributed by atoms with Gasteiger partial charge in [0.1, 0.15) is 23.0 Å². The number of benzene rings is 2. The molecule has 3 saturated heterocycles. The second-order valence-electron chi connectivity index (χ2n) is 11.5. The molecule has 5 amide bonds. The number of amides is 5. The Kier molecular flexibility index (Phi) is 10.7. The maximum absolute atomic E-state index is 12.9. The Morgan fingerprint density at radius 2 is 1.24 bits per heavy atom. The number of likely N-dealkylation sites (N-methyl/N-ethyl adjacent to an activating group) is 1. The molecule has 260 valence electrons. The normalized spacial score (nSPS) is 18.0. The number of imide groups is 2. The van der Waals surface area contributed by atoms with E-state index in [1.54, 1.807) is 36.4 Å². The van der Waals surface area contributed by atoms with Gasteiger partial charge in [-0.3, -0.25) is 34.6 Å². The largest absolute Gasteiger partial charge is 0.478 e. The fraction of sp³-hybridized carbons (Fsp3) is 0.167. The number of rotatable bonds is 6. The van der Waals surface area contributed by atoms with Crippen molar-refractivity contribution in [3.05, 3.63) is 105 Å². The Labute approximate surface area is 299 Å². The third-order valence-corrected chi connectivity index (χ3v) is 9.50. The minimum absolute atomic E-state index is 0.0218. The predicted molar refractivity (Wildman–Crippen MR) is 191 cm³/mol. The molecule has 3 aliphatic heterocycles. The number of hydrogen-bond acceptors (Lipinski definition) is 11. The van der Waals surface area contributed by atoms with Gasteiger partial charge in [0.05, 0.1) is 15.4 Å². The van der Waals surface area contributed by atoms with E-state index in [0.29, 0.717) is 39.1 Å². The zero-order valence-corrected chi connectivity index (χ0v) is 28.7. The third kappa shape index (κ3) is 8.75. The van der Waals surface area contributed by atoms with Gasteiger partial charge in [0.2, 0.25) is 0 Å². The first-order valence-electron chi connectivity index (χ1n) is 15.6. The van der Waals surface area contributed by atoms with Gasteiger partial charge in [0.25, 0.3) is 28.2 Å². The van der Waals surface area contributed by atoms with Crippen molar-refractivity contribution in [2.75, 3.05) is 33.2 Å². The molecular formula is C36H30N4O9S2. The molecule has 15 heteroatoms. The van der Waals surface area contributed by atoms with E-state index in [0.717, 1.165) is 61.7 Å². The van der Waals surface area contributed by atoms with Crippen molar-refractivity contribution in [2.24, 2.45) is 0 Å². The number of furan rings is 2. The molecule has 3 N–H and O–H groups in total. The molecular weight excluding hydrogens is 697 g/mol. The summed E-state index contributed by atoms with van der Waals surface area (Å²) in [6.07, 6.45) is 3.97. The van der Waals surface area contributed by atoms with Crippen molar-refractivity contribution in [2.45, 2.75) is 6.42 Å². The summed E-state index contributed by atoms with van der Waals surface area (Å²) in [5, 5.41) is 12.5. The van der Waals surface area contributed by atoms with E-state index >= 15 is 0 Å². The first kappa shape index (κ1) is 35.2. The summed E-state index contributed by atoms with van der Waals surface area (Å²) in [5.74, 6) is 0.0700. The number of carboxylic acid groups (broad SMARTS) is 1. The zero-order chi connectivity index (χ0) is 36.1. The van der Waals surface area contributed by atoms with Crippen LogP contribution in [0, 0.1) is 0 Å². The van der Waals surface area contributed by atoms with E-state index in [2.05, 4.69) is 22.6 Å². The van der Waals surface area contributed by atoms with Crippen LogP contribution in [0.25, 0.3) is 34.8 Å². The van der Waals surface area contributed by atoms with E-state index in [4.69, 9.17) is 13.9 Å². The van der Waals surface area contributed by atoms with Crippen molar-refractivity contribution in [1.29, 1.82) is 0 Å². The van der Waals surface area contributed by atoms with Gasteiger partial charge >= 0.3 is 5.97 Å². The van der Waals surface area contributed by atoms with Crippen LogP contribution in [0.4, 0.5) is 9.59 Å². The molecule has 13 nitrogen and oxygen atoms in total. The Balaban J connectivity index is 0.000000183. The molecule has 5 heterocycles. The number of carbonyl (C=O) groups excluding carboxylic acids is 5. The molecule has 2 aromatic carbocycles. The fourth-order valence-electron chi connectivity index (χ4n) is 5.31. The molecule has 2 aromatic heterocycles. The van der Waals surface area contributed by atoms with Gasteiger partial charge in [-0.15, -0.1) is 0 Å². The van der Waals surface area contributed by atoms with E-state index in [1.165, 1.54) is 24.3 Å². The van der Waals surface area contributed by atoms with Gasteiger partial charge in [-0.2, -0.15) is 0 Å². The molecule has 0 atom stereocenters. The van der Waals surface area contributed by atoms with Crippen molar-refractivity contribution in [1.82, 2.24) is 20.4 Å². The molecule has 0 saturated carbocycles. The lowest BCUT2D eigenvalue weighted by Gasteiger charge is -2.20. The number of nitrogens with zero attached hydrogens (tertiary/aromatic N) is 2. The summed E-state index contributed by atoms with van der Waals surface area (Å²) < 4.78 is 11.4. The maximum atomic E-state index is 12.9. The Morgan fingerprint density at radius 1 is 0.706 bits per heavy atom. The Bertz CT molecular complexity index is 2120. The first-order chi connectivity index (χ1) is 24.5. The van der Waals surface area contributed by atoms with Crippen LogP contribution in [0.2, 0.25) is 0 Å². The second kappa shape index (κ2) is 15.5. The zero-order valence-electron chi connectivity index (χ0n) is 27.0. The average molecular weight is 727 g/mol. The van der Waals surface area contributed by atoms with Gasteiger partial charge in [0, 0.05) is 48.5 Å². The van der Waals surface area contributed by atoms with Crippen molar-refractivity contribution < 1.29 is 42.7 Å². The first-order valence-corrected chi connectivity index (χ1v) is 17.3. The van der Waals surface area contributed by atoms with Gasteiger partial charge in [-0.05, 0) is 92.1 Å². The van der Waals surface area contributed by atoms with Crippen LogP contribution in [-0.4, -0.2) is 82.3 Å². The number of aromatic carboxylic acids is 1. The van der Waals surface area contributed by atoms with Gasteiger partial charge in [-0.1, -0.05) is 24.3 Å². The molecule has 0 radical (unpaired) electrons. The number of hydrogen-bond donors (Lipinski definition) is 3. The molecule has 3 fully saturated rings. The van der Waals surface area contributed by atoms with Gasteiger partial charge < -0.3 is 23.7 Å². The lowest BCUT2D eigenvalue weighted by Crippen LogP contribution is -2.34. The molecule has 7 rings (SSSR count). The van der Waals surface area contributed by atoms with Crippen molar-refractivity contribution >= 4 is 69.8 Å². The Hall–Kier alpha value is -5.64. The summed E-state index contributed by atoms with van der Waals surface area (Å²) in [7, 11) is 2.07. The summed E-state index contributed by atoms with van der Waals surface area (Å²) in [5.41, 5.74) is 2.18. The molecule has 3 aliphatic rings. The molecule has 4 aromatic rings. The minimum Gasteiger partial charge on any atom is -0.478 e. The van der Waals surface area contributed by atoms with Crippen LogP contribution in [-0.2, 0) is 9.59 Å². The summed E-state index contributed by atoms with van der Waals surface area (Å²) in [6.45, 7) is 3.34. The quantitative estimate of drug-likeness (QED) is 0.197. The van der Waals surface area contributed by atoms with E-state index in [1.807, 2.05) is 29.2 Å². The standard InChI is InChI=1S/C21H21N3O4S.C15H9NO5S/c1-23-8-3-9-24(11-10-23)20(26)15-5-2-4-14(12-15)17-7-6-16(28-17)13-18-19(25)22-21(27)29-18;17-13-12(22-15(20)16-13)7-10-4-5-11(21-10)8-2-1-3-9(6-8)14(18)19/h2,4-7,12-13H,3,8-11H2,1H3,(H,22,25,27);1-7H,(H,18,19)(H,16,17,20)/b18-13-;12-7-. The highest BCUT2D eigenvalue weighted by Gasteiger charge is 2.27. The number of thioether (sulfide) groups is 2. The number of nitrogens with one attached hydrogen (secondary N) is 2. The average Bonchev–Trinajstić information content (AvgIpc) is 3.88. The predicted octanol–water partition coefficient (Wildman–Crippen LogP) is 6.02. The maximum Gasteiger partial charge on any atom is 0.335 e. The molecule has 0 bridgehead atoms. The van der Waals surface area contributed by atoms with Gasteiger partial charge in [0.15, 0.2) is 0 Å². The Morgan fingerprint density at radius 3 is 1.75 bits per heavy atom. The second-order valence-corrected chi connectivity index (χ2v) is 13.6. The van der Waals surface area contributed by atoms with E-state index in [-0.39, 0.29) is 21.6 Å². The van der Waals surface area contributed by atoms with E-state index < -0.39 is 23.0 Å². The van der Waals surface area contributed by atoms with E-state index in [9.17, 15) is 28.8 Å². The molecule has 0 unspecified atom stereocenters. The topological polar surface area (TPSA) is 179 Å². The fourth-order valence-corrected chi connectivity index (χ4v) is 6.64. The number of carbonyl (C=O) groups is 6. The molecule has 0 spiro atoms. The number of carboxylic acids is 1. The highest BCUT2D eigenvalue weighted by molar-refractivity contribution is 8.18. The van der Waals surface area contributed by atoms with Crippen molar-refractivity contribution in [3.63, 3.8) is 0 Å². The lowest BCUT2D eigenvalue weighted by atomic mass is 10.1. The third-order valence-electron chi connectivity index (χ3n) is 7.88. The smallest absolute Gasteiger partial charge is 0.335 e. The van der Waals surface area contributed by atoms with Crippen LogP contribution >= 0.6 is 23.5 Å². The van der Waals surface area contributed by atoms with Crippen molar-refractivity contribution in [3.8, 4) is 22.6 Å². The summed E-state index contributed by atoms with van der Waals surface area (Å²) >= 11 is 1.65. The molecule has 51 heavy (non-hydrogen) atoms. The summed E-state index contributed by atoms with van der Waals surface area (Å²) in [4.78, 5) is 74.1. The lowest BCUT2D eigenvalue weighted by molar-refractivity contribution is -0.116. The SMILES string of the molecule is CN1CCCN(C(=O)c2cccc(-c3ccc(/C=C4\SC(=O)NC4=O)o3)c2)CC1.O=C1NC(=O)/C(=C/c2ccc(-c3cccc(C(=O)O)c3)o2)S1. The monoisotopic (exact) mass is 726 g/mol. The van der Waals surface area contributed by atoms with Gasteiger partial charge in [-0.25, -0.2) is 4.79 Å². The van der Waals surface area contributed by atoms with Crippen LogP contribution in [0.15, 0.2) is 91.4 Å². The van der Waals surface area contributed by atoms with Crippen LogP contribution in [0.5, 0.6) is 0 Å². The summed E-state index contributed by atoms with van der Waals surface area (Å²) in [6, 6.07) is 20.5. The van der Waals surface area contributed by atoms with Crippen LogP contribution < -0.4 is 10.6 Å². The van der Waals surface area contributed by atoms with Crippen LogP contribution in [0.3, 0.4) is 0 Å².